The first-order valence-corrected chi connectivity index (χ1v) is 12.6. The van der Waals surface area contributed by atoms with Crippen molar-refractivity contribution in [2.24, 2.45) is 5.41 Å². The average molecular weight is 529 g/mol. The number of halogens is 3. The van der Waals surface area contributed by atoms with E-state index < -0.39 is 23.5 Å². The van der Waals surface area contributed by atoms with E-state index in [4.69, 9.17) is 4.74 Å². The number of nitrogens with one attached hydrogen (secondary N) is 2. The van der Waals surface area contributed by atoms with Crippen molar-refractivity contribution in [3.63, 3.8) is 0 Å². The second-order valence-electron chi connectivity index (χ2n) is 9.82. The number of aromatic amines is 1. The minimum atomic E-state index is -4.58. The first-order valence-electron chi connectivity index (χ1n) is 12.6. The minimum absolute atomic E-state index is 0.0521. The molecule has 0 radical (unpaired) electrons. The number of fused-ring (bicyclic) bond motifs is 1. The van der Waals surface area contributed by atoms with Crippen LogP contribution in [0.1, 0.15) is 61.1 Å². The van der Waals surface area contributed by atoms with Gasteiger partial charge in [0.25, 0.3) is 5.91 Å². The second kappa shape index (κ2) is 10.1. The van der Waals surface area contributed by atoms with E-state index in [1.807, 2.05) is 22.3 Å². The number of nitrogens with zero attached hydrogens (tertiary/aromatic N) is 6. The van der Waals surface area contributed by atoms with Crippen LogP contribution in [0.4, 0.5) is 19.0 Å². The van der Waals surface area contributed by atoms with Crippen LogP contribution in [0.5, 0.6) is 6.01 Å². The second-order valence-corrected chi connectivity index (χ2v) is 9.82. The summed E-state index contributed by atoms with van der Waals surface area (Å²) in [7, 11) is 0. The minimum Gasteiger partial charge on any atom is -0.462 e. The summed E-state index contributed by atoms with van der Waals surface area (Å²) in [6.07, 6.45) is -0.324. The average Bonchev–Trinajstić information content (AvgIpc) is 3.59. The maximum absolute atomic E-state index is 13.3. The molecule has 4 heterocycles. The lowest BCUT2D eigenvalue weighted by molar-refractivity contribution is -0.153. The predicted molar refractivity (Wildman–Crippen MR) is 130 cm³/mol. The van der Waals surface area contributed by atoms with Gasteiger partial charge >= 0.3 is 12.2 Å². The number of hydrogen-bond acceptors (Lipinski definition) is 8. The van der Waals surface area contributed by atoms with Crippen LogP contribution < -0.4 is 15.0 Å². The van der Waals surface area contributed by atoms with Crippen molar-refractivity contribution < 1.29 is 22.7 Å². The van der Waals surface area contributed by atoms with Crippen molar-refractivity contribution in [2.45, 2.75) is 57.2 Å². The first-order chi connectivity index (χ1) is 18.2. The highest BCUT2D eigenvalue weighted by Gasteiger charge is 2.44. The number of carbonyl (C=O) groups excluding carboxylic acids is 1. The third kappa shape index (κ3) is 5.34. The molecule has 1 saturated carbocycles. The van der Waals surface area contributed by atoms with Gasteiger partial charge < -0.3 is 15.0 Å². The number of nitriles is 1. The van der Waals surface area contributed by atoms with Gasteiger partial charge in [-0.2, -0.15) is 33.5 Å². The molecule has 10 nitrogen and oxygen atoms in total. The van der Waals surface area contributed by atoms with Crippen LogP contribution in [0.2, 0.25) is 0 Å². The van der Waals surface area contributed by atoms with E-state index in [9.17, 15) is 23.2 Å². The van der Waals surface area contributed by atoms with Crippen LogP contribution in [0, 0.1) is 16.7 Å². The number of H-pyrrole nitrogens is 1. The molecule has 0 unspecified atom stereocenters. The summed E-state index contributed by atoms with van der Waals surface area (Å²) in [5.41, 5.74) is 0.850. The zero-order valence-corrected chi connectivity index (χ0v) is 20.8. The molecule has 0 bridgehead atoms. The summed E-state index contributed by atoms with van der Waals surface area (Å²) < 4.78 is 45.5. The zero-order chi connectivity index (χ0) is 26.9. The Bertz CT molecular complexity index is 1360. The number of aromatic nitrogens is 5. The summed E-state index contributed by atoms with van der Waals surface area (Å²) in [4.78, 5) is 27.6. The van der Waals surface area contributed by atoms with Gasteiger partial charge in [-0.05, 0) is 44.2 Å². The van der Waals surface area contributed by atoms with Crippen molar-refractivity contribution in [1.29, 1.82) is 5.26 Å². The van der Waals surface area contributed by atoms with Crippen LogP contribution in [0.25, 0.3) is 11.0 Å². The van der Waals surface area contributed by atoms with Gasteiger partial charge in [-0.1, -0.05) is 6.92 Å². The van der Waals surface area contributed by atoms with E-state index in [0.29, 0.717) is 31.7 Å². The predicted octanol–water partition coefficient (Wildman–Crippen LogP) is 3.89. The molecule has 200 valence electrons. The molecule has 1 amide bonds. The lowest BCUT2D eigenvalue weighted by Gasteiger charge is -2.32. The van der Waals surface area contributed by atoms with E-state index in [1.54, 1.807) is 6.20 Å². The largest absolute Gasteiger partial charge is 0.462 e. The van der Waals surface area contributed by atoms with Crippen LogP contribution in [-0.2, 0) is 0 Å². The maximum Gasteiger partial charge on any atom is 0.408 e. The quantitative estimate of drug-likeness (QED) is 0.450. The smallest absolute Gasteiger partial charge is 0.408 e. The van der Waals surface area contributed by atoms with Crippen LogP contribution in [0.3, 0.4) is 0 Å². The van der Waals surface area contributed by atoms with E-state index >= 15 is 0 Å². The topological polar surface area (TPSA) is 133 Å². The fourth-order valence-corrected chi connectivity index (χ4v) is 4.61. The molecule has 38 heavy (non-hydrogen) atoms. The first kappa shape index (κ1) is 25.7. The molecular weight excluding hydrogens is 501 g/mol. The number of ether oxygens (including phenoxy) is 1. The molecule has 1 aliphatic carbocycles. The molecule has 13 heteroatoms. The normalized spacial score (nSPS) is 18.1. The summed E-state index contributed by atoms with van der Waals surface area (Å²) in [5, 5.41) is 19.8. The molecule has 5 rings (SSSR count). The summed E-state index contributed by atoms with van der Waals surface area (Å²) in [5.74, 6) is -0.393. The van der Waals surface area contributed by atoms with Gasteiger partial charge in [-0.25, -0.2) is 4.98 Å². The molecule has 3 aromatic rings. The van der Waals surface area contributed by atoms with Gasteiger partial charge in [0.1, 0.15) is 24.2 Å². The Labute approximate surface area is 216 Å². The lowest BCUT2D eigenvalue weighted by Crippen LogP contribution is -2.45. The van der Waals surface area contributed by atoms with E-state index in [-0.39, 0.29) is 30.7 Å². The Kier molecular flexibility index (Phi) is 6.81. The standard InChI is InChI=1S/C25H27F3N8O2/c1-2-18(25(26,27)28)32-22(37)17-12-19(33-23(31-17)38-14-24(13-29)7-8-24)36-10-5-15(6-11-36)20-16-4-3-9-30-21(16)35-34-20/h3-4,9,12,15,18H,2,5-8,10-11,14H2,1H3,(H,32,37)(H,30,34,35)/t18-/m1/s1. The van der Waals surface area contributed by atoms with E-state index in [1.165, 1.54) is 13.0 Å². The number of anilines is 1. The van der Waals surface area contributed by atoms with Crippen LogP contribution in [-0.4, -0.2) is 63.0 Å². The van der Waals surface area contributed by atoms with Crippen molar-refractivity contribution in [3.8, 4) is 12.1 Å². The van der Waals surface area contributed by atoms with Crippen molar-refractivity contribution >= 4 is 22.8 Å². The molecule has 0 aromatic carbocycles. The Morgan fingerprint density at radius 1 is 1.34 bits per heavy atom. The van der Waals surface area contributed by atoms with Gasteiger partial charge in [0.05, 0.1) is 17.2 Å². The molecule has 2 aliphatic rings. The maximum atomic E-state index is 13.3. The Morgan fingerprint density at radius 2 is 2.11 bits per heavy atom. The highest BCUT2D eigenvalue weighted by Crippen LogP contribution is 2.45. The Morgan fingerprint density at radius 3 is 2.76 bits per heavy atom. The van der Waals surface area contributed by atoms with Crippen LogP contribution >= 0.6 is 0 Å². The van der Waals surface area contributed by atoms with Gasteiger partial charge in [-0.15, -0.1) is 0 Å². The van der Waals surface area contributed by atoms with Gasteiger partial charge in [0.2, 0.25) is 0 Å². The molecular formula is C25H27F3N8O2. The van der Waals surface area contributed by atoms with Gasteiger partial charge in [-0.3, -0.25) is 9.89 Å². The molecule has 1 aliphatic heterocycles. The number of carbonyl (C=O) groups is 1. The van der Waals surface area contributed by atoms with Gasteiger partial charge in [0.15, 0.2) is 5.65 Å². The van der Waals surface area contributed by atoms with E-state index in [0.717, 1.165) is 29.6 Å². The van der Waals surface area contributed by atoms with Crippen LogP contribution in [0.15, 0.2) is 24.4 Å². The van der Waals surface area contributed by atoms with E-state index in [2.05, 4.69) is 31.2 Å². The molecule has 1 saturated heterocycles. The fourth-order valence-electron chi connectivity index (χ4n) is 4.61. The van der Waals surface area contributed by atoms with Crippen molar-refractivity contribution in [2.75, 3.05) is 24.6 Å². The monoisotopic (exact) mass is 528 g/mol. The zero-order valence-electron chi connectivity index (χ0n) is 20.8. The Balaban J connectivity index is 1.35. The fraction of sp³-hybridized carbons (Fsp3) is 0.520. The molecule has 2 fully saturated rings. The molecule has 1 atom stereocenters. The van der Waals surface area contributed by atoms with Crippen molar-refractivity contribution in [3.05, 3.63) is 35.8 Å². The lowest BCUT2D eigenvalue weighted by atomic mass is 9.92. The number of rotatable bonds is 8. The Hall–Kier alpha value is -3.95. The third-order valence-electron chi connectivity index (χ3n) is 7.17. The summed E-state index contributed by atoms with van der Waals surface area (Å²) >= 11 is 0. The number of amides is 1. The summed E-state index contributed by atoms with van der Waals surface area (Å²) in [6, 6.07) is 5.30. The highest BCUT2D eigenvalue weighted by atomic mass is 19.4. The van der Waals surface area contributed by atoms with Crippen molar-refractivity contribution in [1.82, 2.24) is 30.5 Å². The molecule has 0 spiro atoms. The number of piperidine rings is 1. The SMILES string of the molecule is CC[C@@H](NC(=O)c1cc(N2CCC(c3n[nH]c4ncccc34)CC2)nc(OCC2(C#N)CC2)n1)C(F)(F)F. The molecule has 3 aromatic heterocycles. The highest BCUT2D eigenvalue weighted by molar-refractivity contribution is 5.93. The van der Waals surface area contributed by atoms with Gasteiger partial charge in [0, 0.05) is 36.7 Å². The number of hydrogen-bond donors (Lipinski definition) is 2. The third-order valence-corrected chi connectivity index (χ3v) is 7.17. The number of pyridine rings is 1. The summed E-state index contributed by atoms with van der Waals surface area (Å²) in [6.45, 7) is 2.56. The molecule has 2 N–H and O–H groups in total. The number of alkyl halides is 3.